The van der Waals surface area contributed by atoms with E-state index in [1.165, 1.54) is 6.07 Å². The summed E-state index contributed by atoms with van der Waals surface area (Å²) in [6.45, 7) is 14.8. The predicted octanol–water partition coefficient (Wildman–Crippen LogP) is 4.74. The van der Waals surface area contributed by atoms with Crippen LogP contribution < -0.4 is 15.1 Å². The Morgan fingerprint density at radius 2 is 1.83 bits per heavy atom. The summed E-state index contributed by atoms with van der Waals surface area (Å²) in [7, 11) is 0. The normalized spacial score (nSPS) is 16.3. The van der Waals surface area contributed by atoms with Gasteiger partial charge in [-0.15, -0.1) is 0 Å². The average molecular weight is 501 g/mol. The maximum atomic E-state index is 13.6. The van der Waals surface area contributed by atoms with Crippen molar-refractivity contribution >= 4 is 17.3 Å². The minimum atomic E-state index is -0.209. The van der Waals surface area contributed by atoms with Gasteiger partial charge in [-0.3, -0.25) is 10.3 Å². The highest BCUT2D eigenvalue weighted by Crippen LogP contribution is 2.25. The van der Waals surface area contributed by atoms with E-state index in [2.05, 4.69) is 39.2 Å². The van der Waals surface area contributed by atoms with Crippen LogP contribution in [0.15, 0.2) is 29.4 Å². The highest BCUT2D eigenvalue weighted by molar-refractivity contribution is 6.04. The fraction of sp³-hybridized carbons (Fsp3) is 0.593. The molecule has 1 fully saturated rings. The van der Waals surface area contributed by atoms with Gasteiger partial charge in [0.05, 0.1) is 18.9 Å². The van der Waals surface area contributed by atoms with Crippen molar-refractivity contribution in [2.75, 3.05) is 62.9 Å². The molecule has 0 atom stereocenters. The van der Waals surface area contributed by atoms with E-state index in [4.69, 9.17) is 14.5 Å². The van der Waals surface area contributed by atoms with Crippen molar-refractivity contribution in [2.24, 2.45) is 5.10 Å². The van der Waals surface area contributed by atoms with Gasteiger partial charge in [-0.05, 0) is 49.4 Å². The van der Waals surface area contributed by atoms with Crippen molar-refractivity contribution in [2.45, 2.75) is 53.4 Å². The molecule has 0 spiro atoms. The summed E-state index contributed by atoms with van der Waals surface area (Å²) in [5.74, 6) is 1.21. The van der Waals surface area contributed by atoms with Gasteiger partial charge in [0, 0.05) is 44.4 Å². The fourth-order valence-electron chi connectivity index (χ4n) is 4.35. The van der Waals surface area contributed by atoms with Crippen LogP contribution in [0.4, 0.5) is 16.0 Å². The monoisotopic (exact) mass is 500 g/mol. The number of rotatable bonds is 11. The van der Waals surface area contributed by atoms with Crippen molar-refractivity contribution in [1.82, 2.24) is 14.9 Å². The third-order valence-corrected chi connectivity index (χ3v) is 6.06. The Balaban J connectivity index is 0.00000176. The van der Waals surface area contributed by atoms with Gasteiger partial charge < -0.3 is 14.4 Å². The molecule has 2 aliphatic rings. The molecule has 2 aromatic rings. The van der Waals surface area contributed by atoms with Crippen LogP contribution in [0.3, 0.4) is 0 Å². The molecular formula is C27H41FN6O2. The summed E-state index contributed by atoms with van der Waals surface area (Å²) in [6.07, 6.45) is 3.61. The van der Waals surface area contributed by atoms with E-state index in [-0.39, 0.29) is 5.82 Å². The Kier molecular flexibility index (Phi) is 11.4. The van der Waals surface area contributed by atoms with Crippen LogP contribution in [-0.2, 0) is 11.2 Å². The number of hydrogen-bond acceptors (Lipinski definition) is 8. The van der Waals surface area contributed by atoms with Crippen LogP contribution in [0.1, 0.15) is 58.1 Å². The first-order valence-electron chi connectivity index (χ1n) is 13.3. The van der Waals surface area contributed by atoms with E-state index in [1.54, 1.807) is 12.1 Å². The highest BCUT2D eigenvalue weighted by atomic mass is 19.1. The van der Waals surface area contributed by atoms with Crippen LogP contribution in [0.25, 0.3) is 0 Å². The van der Waals surface area contributed by atoms with Gasteiger partial charge in [-0.1, -0.05) is 27.7 Å². The standard InChI is InChI=1S/C25H35FN6O2.C2H6/c1-3-9-32(10-4-2)24-18-23(27-25(28-24)34-16-13-31-11-14-33-15-12-31)30-29-22-8-5-19-17-20(26)6-7-21(19)22;1-2/h6-7,17-18H,3-5,8-16H2,1-2H3,(H,27,28,30);1-2H3/b29-22+;. The Hall–Kier alpha value is -2.78. The molecule has 4 rings (SSSR count). The second-order valence-electron chi connectivity index (χ2n) is 8.66. The summed E-state index contributed by atoms with van der Waals surface area (Å²) >= 11 is 0. The molecule has 198 valence electrons. The zero-order valence-corrected chi connectivity index (χ0v) is 22.2. The summed E-state index contributed by atoms with van der Waals surface area (Å²) < 4.78 is 24.9. The molecule has 1 aliphatic carbocycles. The van der Waals surface area contributed by atoms with Gasteiger partial charge in [0.25, 0.3) is 0 Å². The minimum absolute atomic E-state index is 0.209. The number of nitrogens with zero attached hydrogens (tertiary/aromatic N) is 5. The topological polar surface area (TPSA) is 75.1 Å². The van der Waals surface area contributed by atoms with Crippen LogP contribution in [0, 0.1) is 5.82 Å². The number of hydrogen-bond donors (Lipinski definition) is 1. The Labute approximate surface area is 214 Å². The van der Waals surface area contributed by atoms with Crippen LogP contribution >= 0.6 is 0 Å². The summed E-state index contributed by atoms with van der Waals surface area (Å²) in [5, 5.41) is 4.61. The second kappa shape index (κ2) is 14.7. The molecule has 1 saturated heterocycles. The lowest BCUT2D eigenvalue weighted by atomic mass is 10.1. The van der Waals surface area contributed by atoms with Gasteiger partial charge in [0.1, 0.15) is 18.2 Å². The van der Waals surface area contributed by atoms with Crippen molar-refractivity contribution < 1.29 is 13.9 Å². The number of halogens is 1. The number of fused-ring (bicyclic) bond motifs is 1. The maximum absolute atomic E-state index is 13.6. The molecule has 1 aliphatic heterocycles. The third kappa shape index (κ3) is 7.86. The van der Waals surface area contributed by atoms with Crippen molar-refractivity contribution in [3.05, 3.63) is 41.2 Å². The molecule has 2 heterocycles. The Morgan fingerprint density at radius 1 is 1.08 bits per heavy atom. The molecule has 36 heavy (non-hydrogen) atoms. The lowest BCUT2D eigenvalue weighted by molar-refractivity contribution is 0.0317. The van der Waals surface area contributed by atoms with Crippen LogP contribution in [-0.4, -0.2) is 73.1 Å². The first kappa shape index (κ1) is 27.8. The van der Waals surface area contributed by atoms with Crippen molar-refractivity contribution in [3.63, 3.8) is 0 Å². The summed E-state index contributed by atoms with van der Waals surface area (Å²) in [4.78, 5) is 13.8. The van der Waals surface area contributed by atoms with E-state index < -0.39 is 0 Å². The van der Waals surface area contributed by atoms with Gasteiger partial charge in [-0.25, -0.2) is 4.39 Å². The number of hydrazone groups is 1. The van der Waals surface area contributed by atoms with Crippen LogP contribution in [0.5, 0.6) is 6.01 Å². The van der Waals surface area contributed by atoms with Gasteiger partial charge >= 0.3 is 6.01 Å². The molecule has 0 unspecified atom stereocenters. The number of morpholine rings is 1. The number of nitrogens with one attached hydrogen (secondary N) is 1. The molecule has 8 nitrogen and oxygen atoms in total. The molecule has 1 aromatic heterocycles. The first-order valence-corrected chi connectivity index (χ1v) is 13.3. The zero-order chi connectivity index (χ0) is 25.8. The third-order valence-electron chi connectivity index (χ3n) is 6.06. The molecule has 0 amide bonds. The molecule has 1 N–H and O–H groups in total. The quantitative estimate of drug-likeness (QED) is 0.447. The van der Waals surface area contributed by atoms with Crippen LogP contribution in [0.2, 0.25) is 0 Å². The lowest BCUT2D eigenvalue weighted by Crippen LogP contribution is -2.38. The van der Waals surface area contributed by atoms with Gasteiger partial charge in [0.15, 0.2) is 5.82 Å². The highest BCUT2D eigenvalue weighted by Gasteiger charge is 2.19. The van der Waals surface area contributed by atoms with E-state index in [1.807, 2.05) is 19.9 Å². The van der Waals surface area contributed by atoms with Crippen molar-refractivity contribution in [1.29, 1.82) is 0 Å². The zero-order valence-electron chi connectivity index (χ0n) is 22.2. The minimum Gasteiger partial charge on any atom is -0.462 e. The molecular weight excluding hydrogens is 459 g/mol. The number of aryl methyl sites for hydroxylation is 1. The lowest BCUT2D eigenvalue weighted by Gasteiger charge is -2.26. The van der Waals surface area contributed by atoms with Gasteiger partial charge in [-0.2, -0.15) is 15.1 Å². The summed E-state index contributed by atoms with van der Waals surface area (Å²) in [6, 6.07) is 7.14. The van der Waals surface area contributed by atoms with E-state index in [9.17, 15) is 4.39 Å². The number of ether oxygens (including phenoxy) is 2. The van der Waals surface area contributed by atoms with Gasteiger partial charge in [0.2, 0.25) is 0 Å². The second-order valence-corrected chi connectivity index (χ2v) is 8.66. The number of benzene rings is 1. The predicted molar refractivity (Wildman–Crippen MR) is 144 cm³/mol. The largest absolute Gasteiger partial charge is 0.462 e. The van der Waals surface area contributed by atoms with E-state index in [0.717, 1.165) is 94.3 Å². The molecule has 9 heteroatoms. The molecule has 0 bridgehead atoms. The first-order chi connectivity index (χ1) is 17.7. The SMILES string of the molecule is CC.CCCN(CCC)c1cc(N/N=C2\CCc3cc(F)ccc32)nc(OCCN2CCOCC2)n1. The Morgan fingerprint density at radius 3 is 2.56 bits per heavy atom. The van der Waals surface area contributed by atoms with E-state index in [0.29, 0.717) is 18.4 Å². The molecule has 0 saturated carbocycles. The Bertz CT molecular complexity index is 975. The maximum Gasteiger partial charge on any atom is 0.320 e. The van der Waals surface area contributed by atoms with Crippen molar-refractivity contribution in [3.8, 4) is 6.01 Å². The molecule has 1 aromatic carbocycles. The number of aromatic nitrogens is 2. The van der Waals surface area contributed by atoms with E-state index >= 15 is 0 Å². The smallest absolute Gasteiger partial charge is 0.320 e. The summed E-state index contributed by atoms with van der Waals surface area (Å²) in [5.41, 5.74) is 6.00. The number of anilines is 2. The average Bonchev–Trinajstić information content (AvgIpc) is 3.31. The fourth-order valence-corrected chi connectivity index (χ4v) is 4.35. The molecule has 0 radical (unpaired) electrons.